The Morgan fingerprint density at radius 1 is 1.50 bits per heavy atom. The molecule has 0 unspecified atom stereocenters. The molecule has 0 radical (unpaired) electrons. The molecule has 0 saturated heterocycles. The Hall–Kier alpha value is -1.37. The molecule has 0 spiro atoms. The normalized spacial score (nSPS) is 10.6. The number of hydrazone groups is 1. The van der Waals surface area contributed by atoms with Crippen LogP contribution < -0.4 is 5.43 Å². The first-order valence-electron chi connectivity index (χ1n) is 5.87. The van der Waals surface area contributed by atoms with Gasteiger partial charge in [0.25, 0.3) is 5.69 Å². The highest BCUT2D eigenvalue weighted by molar-refractivity contribution is 6.30. The lowest BCUT2D eigenvalue weighted by atomic mass is 10.3. The largest absolute Gasteiger partial charge is 0.309 e. The van der Waals surface area contributed by atoms with Gasteiger partial charge in [0.05, 0.1) is 4.92 Å². The molecule has 0 bridgehead atoms. The first-order valence-corrected chi connectivity index (χ1v) is 6.24. The lowest BCUT2D eigenvalue weighted by Crippen LogP contribution is -2.12. The van der Waals surface area contributed by atoms with Gasteiger partial charge in [0.15, 0.2) is 0 Å². The third kappa shape index (κ3) is 6.70. The Kier molecular flexibility index (Phi) is 8.87. The molecule has 0 heterocycles. The molecule has 1 N–H and O–H groups in total. The predicted octanol–water partition coefficient (Wildman–Crippen LogP) is 3.41. The molecule has 0 amide bonds. The zero-order chi connectivity index (χ0) is 14.3. The van der Waals surface area contributed by atoms with Crippen molar-refractivity contribution in [3.05, 3.63) is 33.3 Å². The summed E-state index contributed by atoms with van der Waals surface area (Å²) in [7, 11) is 4.01. The van der Waals surface area contributed by atoms with Crippen LogP contribution in [0.1, 0.15) is 12.8 Å². The van der Waals surface area contributed by atoms with E-state index in [9.17, 15) is 10.1 Å². The van der Waals surface area contributed by atoms with Crippen LogP contribution in [0.3, 0.4) is 0 Å². The highest BCUT2D eigenvalue weighted by Gasteiger charge is 2.13. The molecule has 0 atom stereocenters. The zero-order valence-electron chi connectivity index (χ0n) is 11.4. The van der Waals surface area contributed by atoms with E-state index in [0.717, 1.165) is 19.4 Å². The second-order valence-corrected chi connectivity index (χ2v) is 4.72. The number of halogens is 2. The van der Waals surface area contributed by atoms with E-state index in [1.54, 1.807) is 12.3 Å². The highest BCUT2D eigenvalue weighted by atomic mass is 35.5. The second kappa shape index (κ2) is 9.52. The number of unbranched alkanes of at least 4 members (excludes halogenated alkanes) is 1. The molecule has 0 aliphatic rings. The molecule has 1 rings (SSSR count). The van der Waals surface area contributed by atoms with Crippen molar-refractivity contribution in [3.8, 4) is 0 Å². The van der Waals surface area contributed by atoms with Gasteiger partial charge in [0.2, 0.25) is 0 Å². The summed E-state index contributed by atoms with van der Waals surface area (Å²) in [5.74, 6) is 0. The van der Waals surface area contributed by atoms with E-state index in [-0.39, 0.29) is 18.1 Å². The van der Waals surface area contributed by atoms with Gasteiger partial charge in [-0.1, -0.05) is 11.6 Å². The van der Waals surface area contributed by atoms with E-state index in [1.165, 1.54) is 12.1 Å². The molecular weight excluding hydrogens is 303 g/mol. The van der Waals surface area contributed by atoms with Crippen LogP contribution in [-0.4, -0.2) is 36.7 Å². The van der Waals surface area contributed by atoms with Gasteiger partial charge in [-0.25, -0.2) is 0 Å². The molecule has 6 nitrogen and oxygen atoms in total. The minimum Gasteiger partial charge on any atom is -0.309 e. The summed E-state index contributed by atoms with van der Waals surface area (Å²) in [6.45, 7) is 0.979. The van der Waals surface area contributed by atoms with E-state index in [0.29, 0.717) is 10.7 Å². The average molecular weight is 321 g/mol. The van der Waals surface area contributed by atoms with Crippen molar-refractivity contribution in [1.82, 2.24) is 4.90 Å². The first-order chi connectivity index (χ1) is 9.00. The number of anilines is 1. The van der Waals surface area contributed by atoms with Crippen molar-refractivity contribution in [2.24, 2.45) is 5.10 Å². The van der Waals surface area contributed by atoms with Gasteiger partial charge in [0, 0.05) is 17.3 Å². The molecule has 8 heteroatoms. The van der Waals surface area contributed by atoms with Crippen molar-refractivity contribution < 1.29 is 4.92 Å². The molecule has 0 aromatic heterocycles. The molecule has 1 aromatic rings. The lowest BCUT2D eigenvalue weighted by Gasteiger charge is -2.06. The molecule has 0 aliphatic carbocycles. The van der Waals surface area contributed by atoms with E-state index >= 15 is 0 Å². The second-order valence-electron chi connectivity index (χ2n) is 4.29. The van der Waals surface area contributed by atoms with Crippen molar-refractivity contribution in [2.75, 3.05) is 26.1 Å². The van der Waals surface area contributed by atoms with Crippen molar-refractivity contribution in [2.45, 2.75) is 12.8 Å². The Morgan fingerprint density at radius 2 is 2.20 bits per heavy atom. The Labute approximate surface area is 129 Å². The number of hydrogen-bond donors (Lipinski definition) is 1. The number of hydrogen-bond acceptors (Lipinski definition) is 5. The van der Waals surface area contributed by atoms with Crippen LogP contribution in [0.5, 0.6) is 0 Å². The SMILES string of the molecule is CN(C)CCC/C=N/Nc1ccc(Cl)cc1[N+](=O)[O-].Cl. The van der Waals surface area contributed by atoms with Crippen LogP contribution in [0.15, 0.2) is 23.3 Å². The van der Waals surface area contributed by atoms with E-state index in [4.69, 9.17) is 11.6 Å². The fourth-order valence-corrected chi connectivity index (χ4v) is 1.60. The summed E-state index contributed by atoms with van der Waals surface area (Å²) >= 11 is 5.72. The van der Waals surface area contributed by atoms with Gasteiger partial charge in [-0.2, -0.15) is 5.10 Å². The fraction of sp³-hybridized carbons (Fsp3) is 0.417. The molecule has 1 aromatic carbocycles. The smallest absolute Gasteiger partial charge is 0.295 e. The standard InChI is InChI=1S/C12H17ClN4O2.ClH/c1-16(2)8-4-3-7-14-15-11-6-5-10(13)9-12(11)17(18)19;/h5-7,9,15H,3-4,8H2,1-2H3;1H/b14-7+;. The number of nitrogens with zero attached hydrogens (tertiary/aromatic N) is 3. The topological polar surface area (TPSA) is 70.8 Å². The molecule has 0 fully saturated rings. The van der Waals surface area contributed by atoms with Gasteiger partial charge in [0.1, 0.15) is 5.69 Å². The number of nitrogens with one attached hydrogen (secondary N) is 1. The Balaban J connectivity index is 0.00000361. The summed E-state index contributed by atoms with van der Waals surface area (Å²) in [6, 6.07) is 4.42. The molecule has 0 aliphatic heterocycles. The highest BCUT2D eigenvalue weighted by Crippen LogP contribution is 2.27. The van der Waals surface area contributed by atoms with Gasteiger partial charge >= 0.3 is 0 Å². The van der Waals surface area contributed by atoms with Crippen LogP contribution in [0, 0.1) is 10.1 Å². The van der Waals surface area contributed by atoms with Crippen LogP contribution in [0.25, 0.3) is 0 Å². The monoisotopic (exact) mass is 320 g/mol. The number of rotatable bonds is 7. The van der Waals surface area contributed by atoms with Crippen LogP contribution in [0.2, 0.25) is 5.02 Å². The van der Waals surface area contributed by atoms with Crippen LogP contribution in [0.4, 0.5) is 11.4 Å². The van der Waals surface area contributed by atoms with Gasteiger partial charge in [-0.15, -0.1) is 12.4 Å². The van der Waals surface area contributed by atoms with Crippen molar-refractivity contribution in [3.63, 3.8) is 0 Å². The number of benzene rings is 1. The third-order valence-corrected chi connectivity index (χ3v) is 2.61. The summed E-state index contributed by atoms with van der Waals surface area (Å²) in [5, 5.41) is 15.1. The third-order valence-electron chi connectivity index (χ3n) is 2.37. The maximum atomic E-state index is 10.8. The van der Waals surface area contributed by atoms with E-state index in [1.807, 2.05) is 14.1 Å². The number of nitro benzene ring substituents is 1. The van der Waals surface area contributed by atoms with Gasteiger partial charge < -0.3 is 4.90 Å². The average Bonchev–Trinajstić information content (AvgIpc) is 2.34. The quantitative estimate of drug-likeness (QED) is 0.361. The summed E-state index contributed by atoms with van der Waals surface area (Å²) in [5.41, 5.74) is 2.91. The molecular formula is C12H18Cl2N4O2. The predicted molar refractivity (Wildman–Crippen MR) is 85.3 cm³/mol. The van der Waals surface area contributed by atoms with Gasteiger partial charge in [-0.05, 0) is 45.6 Å². The lowest BCUT2D eigenvalue weighted by molar-refractivity contribution is -0.383. The van der Waals surface area contributed by atoms with Crippen LogP contribution in [-0.2, 0) is 0 Å². The molecule has 0 saturated carbocycles. The first kappa shape index (κ1) is 18.6. The van der Waals surface area contributed by atoms with E-state index < -0.39 is 4.92 Å². The molecule has 20 heavy (non-hydrogen) atoms. The maximum Gasteiger partial charge on any atom is 0.295 e. The fourth-order valence-electron chi connectivity index (χ4n) is 1.43. The maximum absolute atomic E-state index is 10.8. The number of nitro groups is 1. The minimum atomic E-state index is -0.490. The van der Waals surface area contributed by atoms with Crippen molar-refractivity contribution in [1.29, 1.82) is 0 Å². The summed E-state index contributed by atoms with van der Waals surface area (Å²) in [6.07, 6.45) is 3.51. The van der Waals surface area contributed by atoms with Crippen LogP contribution >= 0.6 is 24.0 Å². The van der Waals surface area contributed by atoms with E-state index in [2.05, 4.69) is 15.4 Å². The van der Waals surface area contributed by atoms with Gasteiger partial charge in [-0.3, -0.25) is 15.5 Å². The zero-order valence-corrected chi connectivity index (χ0v) is 12.9. The Bertz CT molecular complexity index is 467. The summed E-state index contributed by atoms with van der Waals surface area (Å²) < 4.78 is 0. The van der Waals surface area contributed by atoms with Crippen molar-refractivity contribution >= 4 is 41.6 Å². The summed E-state index contributed by atoms with van der Waals surface area (Å²) in [4.78, 5) is 12.4. The molecule has 112 valence electrons. The minimum absolute atomic E-state index is 0. The Morgan fingerprint density at radius 3 is 2.80 bits per heavy atom.